The first-order chi connectivity index (χ1) is 32.7. The van der Waals surface area contributed by atoms with Gasteiger partial charge in [0.25, 0.3) is 0 Å². The molecule has 4 nitrogen and oxygen atoms in total. The fraction of sp³-hybridized carbons (Fsp3) is 0.0161. The van der Waals surface area contributed by atoms with Crippen molar-refractivity contribution in [2.45, 2.75) is 5.41 Å². The molecule has 9 aromatic carbocycles. The predicted molar refractivity (Wildman–Crippen MR) is 272 cm³/mol. The van der Waals surface area contributed by atoms with Crippen LogP contribution in [0.25, 0.3) is 88.4 Å². The van der Waals surface area contributed by atoms with Crippen LogP contribution in [0.3, 0.4) is 0 Å². The third kappa shape index (κ3) is 5.24. The second-order valence-electron chi connectivity index (χ2n) is 17.5. The molecule has 14 rings (SSSR count). The molecule has 1 aliphatic carbocycles. The van der Waals surface area contributed by atoms with Crippen molar-refractivity contribution >= 4 is 60.5 Å². The van der Waals surface area contributed by atoms with E-state index in [0.29, 0.717) is 0 Å². The number of hydrogen-bond donors (Lipinski definition) is 0. The fourth-order valence-corrected chi connectivity index (χ4v) is 11.1. The Hall–Kier alpha value is -8.73. The topological polar surface area (TPSA) is 41.9 Å². The van der Waals surface area contributed by atoms with Gasteiger partial charge in [0.1, 0.15) is 0 Å². The lowest BCUT2D eigenvalue weighted by Gasteiger charge is -2.45. The number of benzene rings is 9. The summed E-state index contributed by atoms with van der Waals surface area (Å²) in [6.07, 6.45) is 0. The van der Waals surface area contributed by atoms with Crippen LogP contribution >= 0.6 is 0 Å². The zero-order chi connectivity index (χ0) is 43.3. The number of nitrogens with zero attached hydrogens (tertiary/aromatic N) is 4. The molecule has 0 saturated carbocycles. The average Bonchev–Trinajstić information content (AvgIpc) is 3.69. The molecular weight excluding hydrogens is 801 g/mol. The molecule has 0 fully saturated rings. The van der Waals surface area contributed by atoms with Crippen LogP contribution in [0.5, 0.6) is 0 Å². The average molecular weight is 839 g/mol. The largest absolute Gasteiger partial charge is 0.310 e. The van der Waals surface area contributed by atoms with E-state index in [4.69, 9.17) is 15.0 Å². The summed E-state index contributed by atoms with van der Waals surface area (Å²) in [5.74, 6) is 0. The van der Waals surface area contributed by atoms with Crippen LogP contribution in [0.2, 0.25) is 0 Å². The number of hydrogen-bond acceptors (Lipinski definition) is 4. The van der Waals surface area contributed by atoms with Crippen molar-refractivity contribution in [1.82, 2.24) is 15.0 Å². The van der Waals surface area contributed by atoms with Gasteiger partial charge in [0.2, 0.25) is 0 Å². The van der Waals surface area contributed by atoms with E-state index >= 15 is 0 Å². The summed E-state index contributed by atoms with van der Waals surface area (Å²) in [5.41, 5.74) is 19.1. The monoisotopic (exact) mass is 838 g/mol. The van der Waals surface area contributed by atoms with E-state index in [0.717, 1.165) is 88.6 Å². The SMILES string of the molecule is c1ccc(-c2ccc3ccc4ccc(-c5cccc(-c6nc7ccccc7c7cc8c(cc67)C6(c7ccccc7-c7ccccc76)c6ccccc6N8c6ccccc6)c5)nc4c3n2)cc1. The molecule has 2 aliphatic rings. The fourth-order valence-electron chi connectivity index (χ4n) is 11.1. The molecule has 3 aromatic heterocycles. The zero-order valence-electron chi connectivity index (χ0n) is 35.7. The lowest BCUT2D eigenvalue weighted by atomic mass is 9.64. The zero-order valence-corrected chi connectivity index (χ0v) is 35.7. The predicted octanol–water partition coefficient (Wildman–Crippen LogP) is 15.6. The summed E-state index contributed by atoms with van der Waals surface area (Å²) in [6.45, 7) is 0. The molecule has 0 saturated heterocycles. The summed E-state index contributed by atoms with van der Waals surface area (Å²) in [5, 5.41) is 5.50. The van der Waals surface area contributed by atoms with Crippen molar-refractivity contribution in [1.29, 1.82) is 0 Å². The van der Waals surface area contributed by atoms with Gasteiger partial charge < -0.3 is 4.90 Å². The highest BCUT2D eigenvalue weighted by Gasteiger charge is 2.51. The summed E-state index contributed by atoms with van der Waals surface area (Å²) >= 11 is 0. The number of fused-ring (bicyclic) bond motifs is 15. The molecule has 4 heterocycles. The van der Waals surface area contributed by atoms with E-state index in [9.17, 15) is 0 Å². The van der Waals surface area contributed by atoms with Crippen LogP contribution in [0, 0.1) is 0 Å². The van der Waals surface area contributed by atoms with Gasteiger partial charge in [-0.1, -0.05) is 176 Å². The molecule has 1 spiro atoms. The second kappa shape index (κ2) is 14.1. The van der Waals surface area contributed by atoms with Crippen LogP contribution in [-0.4, -0.2) is 15.0 Å². The Balaban J connectivity index is 1.03. The lowest BCUT2D eigenvalue weighted by molar-refractivity contribution is 0.754. The maximum Gasteiger partial charge on any atom is 0.0972 e. The highest BCUT2D eigenvalue weighted by molar-refractivity contribution is 6.14. The van der Waals surface area contributed by atoms with E-state index < -0.39 is 5.41 Å². The van der Waals surface area contributed by atoms with Crippen molar-refractivity contribution < 1.29 is 0 Å². The highest BCUT2D eigenvalue weighted by Crippen LogP contribution is 2.64. The van der Waals surface area contributed by atoms with Gasteiger partial charge in [-0.3, -0.25) is 0 Å². The Morgan fingerprint density at radius 2 is 0.894 bits per heavy atom. The minimum Gasteiger partial charge on any atom is -0.310 e. The van der Waals surface area contributed by atoms with E-state index in [1.54, 1.807) is 0 Å². The minimum absolute atomic E-state index is 0.588. The summed E-state index contributed by atoms with van der Waals surface area (Å²) in [7, 11) is 0. The Morgan fingerprint density at radius 1 is 0.333 bits per heavy atom. The molecule has 0 N–H and O–H groups in total. The number of aromatic nitrogens is 3. The number of rotatable bonds is 4. The van der Waals surface area contributed by atoms with Gasteiger partial charge in [-0.2, -0.15) is 0 Å². The molecule has 306 valence electrons. The van der Waals surface area contributed by atoms with Crippen LogP contribution in [0.4, 0.5) is 17.1 Å². The summed E-state index contributed by atoms with van der Waals surface area (Å²) < 4.78 is 0. The molecule has 4 heteroatoms. The summed E-state index contributed by atoms with van der Waals surface area (Å²) in [4.78, 5) is 18.6. The minimum atomic E-state index is -0.588. The van der Waals surface area contributed by atoms with Crippen molar-refractivity contribution in [2.24, 2.45) is 0 Å². The third-order valence-electron chi connectivity index (χ3n) is 14.0. The van der Waals surface area contributed by atoms with Gasteiger partial charge in [0.05, 0.1) is 50.4 Å². The first-order valence-corrected chi connectivity index (χ1v) is 22.6. The first-order valence-electron chi connectivity index (χ1n) is 22.6. The Labute approximate surface area is 381 Å². The Morgan fingerprint density at radius 3 is 1.62 bits per heavy atom. The van der Waals surface area contributed by atoms with Crippen molar-refractivity contribution in [3.05, 3.63) is 253 Å². The van der Waals surface area contributed by atoms with E-state index in [-0.39, 0.29) is 0 Å². The smallest absolute Gasteiger partial charge is 0.0972 e. The maximum absolute atomic E-state index is 5.57. The van der Waals surface area contributed by atoms with Crippen molar-refractivity contribution in [3.63, 3.8) is 0 Å². The molecule has 0 amide bonds. The van der Waals surface area contributed by atoms with Gasteiger partial charge >= 0.3 is 0 Å². The quantitative estimate of drug-likeness (QED) is 0.166. The number of para-hydroxylation sites is 3. The van der Waals surface area contributed by atoms with Crippen LogP contribution < -0.4 is 4.90 Å². The maximum atomic E-state index is 5.57. The van der Waals surface area contributed by atoms with E-state index in [1.165, 1.54) is 39.1 Å². The second-order valence-corrected chi connectivity index (χ2v) is 17.5. The standard InChI is InChI=1S/C62H38N4/c1-3-16-39(17-4-1)54-34-32-40-30-31-41-33-35-55(64-61(41)60(40)63-54)42-18-15-19-43(36-42)59-49-37-53-58(38-48(49)47-24-9-13-28-56(47)65-59)66(44-20-5-2-6-21-44)57-29-14-12-27-52(57)62(53)50-25-10-7-22-45(50)46-23-8-11-26-51(46)62/h1-38H. The lowest BCUT2D eigenvalue weighted by Crippen LogP contribution is -2.36. The number of pyridine rings is 3. The summed E-state index contributed by atoms with van der Waals surface area (Å²) in [6, 6.07) is 83.3. The molecule has 12 aromatic rings. The van der Waals surface area contributed by atoms with Gasteiger partial charge in [0.15, 0.2) is 0 Å². The van der Waals surface area contributed by atoms with E-state index in [2.05, 4.69) is 229 Å². The number of anilines is 3. The molecule has 0 radical (unpaired) electrons. The van der Waals surface area contributed by atoms with Crippen molar-refractivity contribution in [3.8, 4) is 44.9 Å². The highest BCUT2D eigenvalue weighted by atomic mass is 15.2. The molecule has 0 atom stereocenters. The van der Waals surface area contributed by atoms with Gasteiger partial charge in [-0.25, -0.2) is 15.0 Å². The van der Waals surface area contributed by atoms with Gasteiger partial charge in [-0.15, -0.1) is 0 Å². The molecule has 66 heavy (non-hydrogen) atoms. The molecule has 1 aliphatic heterocycles. The molecule has 0 unspecified atom stereocenters. The van der Waals surface area contributed by atoms with Gasteiger partial charge in [0, 0.05) is 43.9 Å². The van der Waals surface area contributed by atoms with Crippen LogP contribution in [0.1, 0.15) is 22.3 Å². The Bertz CT molecular complexity index is 3910. The van der Waals surface area contributed by atoms with Crippen LogP contribution in [-0.2, 0) is 5.41 Å². The molecule has 0 bridgehead atoms. The van der Waals surface area contributed by atoms with Gasteiger partial charge in [-0.05, 0) is 93.4 Å². The van der Waals surface area contributed by atoms with Crippen LogP contribution in [0.15, 0.2) is 231 Å². The molecular formula is C62H38N4. The third-order valence-corrected chi connectivity index (χ3v) is 14.0. The van der Waals surface area contributed by atoms with Crippen molar-refractivity contribution in [2.75, 3.05) is 4.90 Å². The Kier molecular flexibility index (Phi) is 7.87. The normalized spacial score (nSPS) is 13.2. The van der Waals surface area contributed by atoms with E-state index in [1.807, 2.05) is 6.07 Å². The first kappa shape index (κ1) is 36.7.